The Hall–Kier alpha value is -2.73. The number of nitrogens with zero attached hydrogens (tertiary/aromatic N) is 4. The van der Waals surface area contributed by atoms with E-state index in [-0.39, 0.29) is 6.04 Å². The Bertz CT molecular complexity index is 833. The van der Waals surface area contributed by atoms with Crippen molar-refractivity contribution in [1.29, 1.82) is 0 Å². The summed E-state index contributed by atoms with van der Waals surface area (Å²) in [5, 5.41) is 4.17. The molecule has 1 fully saturated rings. The van der Waals surface area contributed by atoms with E-state index in [1.165, 1.54) is 18.4 Å². The Morgan fingerprint density at radius 3 is 2.69 bits per heavy atom. The Morgan fingerprint density at radius 1 is 1.12 bits per heavy atom. The lowest BCUT2D eigenvalue weighted by atomic mass is 10.0. The molecule has 0 bridgehead atoms. The summed E-state index contributed by atoms with van der Waals surface area (Å²) >= 11 is 0. The van der Waals surface area contributed by atoms with Gasteiger partial charge in [0.05, 0.1) is 13.2 Å². The second kappa shape index (κ2) is 7.66. The normalized spacial score (nSPS) is 18.0. The molecule has 4 rings (SSSR count). The molecule has 0 spiro atoms. The van der Waals surface area contributed by atoms with Crippen molar-refractivity contribution in [1.82, 2.24) is 20.0 Å². The average molecular weight is 350 g/mol. The largest absolute Gasteiger partial charge is 0.497 e. The van der Waals surface area contributed by atoms with Crippen LogP contribution in [0.4, 0.5) is 0 Å². The molecular formula is C20H22N4O2. The summed E-state index contributed by atoms with van der Waals surface area (Å²) < 4.78 is 10.9. The molecule has 3 aromatic rings. The van der Waals surface area contributed by atoms with Crippen LogP contribution in [0.5, 0.6) is 5.75 Å². The van der Waals surface area contributed by atoms with Crippen LogP contribution in [-0.2, 0) is 6.54 Å². The first-order valence-electron chi connectivity index (χ1n) is 8.94. The average Bonchev–Trinajstić information content (AvgIpc) is 3.20. The van der Waals surface area contributed by atoms with Gasteiger partial charge < -0.3 is 9.26 Å². The molecule has 0 radical (unpaired) electrons. The number of pyridine rings is 1. The smallest absolute Gasteiger partial charge is 0.244 e. The molecular weight excluding hydrogens is 328 g/mol. The van der Waals surface area contributed by atoms with Gasteiger partial charge in [0.15, 0.2) is 0 Å². The topological polar surface area (TPSA) is 64.3 Å². The van der Waals surface area contributed by atoms with Crippen LogP contribution in [0.15, 0.2) is 53.3 Å². The van der Waals surface area contributed by atoms with Crippen molar-refractivity contribution < 1.29 is 9.26 Å². The summed E-state index contributed by atoms with van der Waals surface area (Å²) in [5.41, 5.74) is 2.18. The Balaban J connectivity index is 1.53. The molecule has 2 aromatic heterocycles. The molecule has 1 aromatic carbocycles. The van der Waals surface area contributed by atoms with Crippen molar-refractivity contribution in [2.24, 2.45) is 0 Å². The third-order valence-electron chi connectivity index (χ3n) is 4.82. The number of hydrogen-bond donors (Lipinski definition) is 0. The molecule has 0 N–H and O–H groups in total. The van der Waals surface area contributed by atoms with E-state index >= 15 is 0 Å². The zero-order valence-electron chi connectivity index (χ0n) is 14.8. The van der Waals surface area contributed by atoms with Gasteiger partial charge in [0, 0.05) is 24.5 Å². The standard InChI is InChI=1S/C20H22N4O2/c1-25-17-7-5-15(6-8-17)14-24-13-3-2-4-18(24)20-22-19(23-26-20)16-9-11-21-12-10-16/h5-12,18H,2-4,13-14H2,1H3/t18-/m0/s1. The highest BCUT2D eigenvalue weighted by Crippen LogP contribution is 2.32. The summed E-state index contributed by atoms with van der Waals surface area (Å²) in [6.45, 7) is 1.89. The van der Waals surface area contributed by atoms with Crippen molar-refractivity contribution in [3.63, 3.8) is 0 Å². The molecule has 134 valence electrons. The summed E-state index contributed by atoms with van der Waals surface area (Å²) in [6, 6.07) is 12.2. The highest BCUT2D eigenvalue weighted by atomic mass is 16.5. The maximum Gasteiger partial charge on any atom is 0.244 e. The van der Waals surface area contributed by atoms with Gasteiger partial charge >= 0.3 is 0 Å². The molecule has 6 nitrogen and oxygen atoms in total. The van der Waals surface area contributed by atoms with Crippen LogP contribution in [0.2, 0.25) is 0 Å². The highest BCUT2D eigenvalue weighted by molar-refractivity contribution is 5.52. The molecule has 1 atom stereocenters. The number of methoxy groups -OCH3 is 1. The number of hydrogen-bond acceptors (Lipinski definition) is 6. The van der Waals surface area contributed by atoms with Gasteiger partial charge in [-0.2, -0.15) is 4.98 Å². The van der Waals surface area contributed by atoms with Crippen LogP contribution in [-0.4, -0.2) is 33.7 Å². The fraction of sp³-hybridized carbons (Fsp3) is 0.350. The van der Waals surface area contributed by atoms with E-state index in [4.69, 9.17) is 9.26 Å². The maximum absolute atomic E-state index is 5.62. The zero-order chi connectivity index (χ0) is 17.8. The minimum absolute atomic E-state index is 0.161. The quantitative estimate of drug-likeness (QED) is 0.696. The van der Waals surface area contributed by atoms with Gasteiger partial charge in [0.2, 0.25) is 11.7 Å². The second-order valence-corrected chi connectivity index (χ2v) is 6.52. The number of piperidine rings is 1. The number of rotatable bonds is 5. The van der Waals surface area contributed by atoms with Crippen molar-refractivity contribution >= 4 is 0 Å². The van der Waals surface area contributed by atoms with Gasteiger partial charge in [-0.3, -0.25) is 9.88 Å². The molecule has 3 heterocycles. The SMILES string of the molecule is COc1ccc(CN2CCCC[C@H]2c2nc(-c3ccncc3)no2)cc1. The first-order chi connectivity index (χ1) is 12.8. The lowest BCUT2D eigenvalue weighted by molar-refractivity contribution is 0.111. The first-order valence-corrected chi connectivity index (χ1v) is 8.94. The summed E-state index contributed by atoms with van der Waals surface area (Å²) in [5.74, 6) is 2.20. The molecule has 1 aliphatic rings. The fourth-order valence-electron chi connectivity index (χ4n) is 3.41. The molecule has 0 amide bonds. The van der Waals surface area contributed by atoms with Crippen LogP contribution in [0.1, 0.15) is 36.8 Å². The van der Waals surface area contributed by atoms with Gasteiger partial charge in [-0.05, 0) is 49.2 Å². The monoisotopic (exact) mass is 350 g/mol. The molecule has 6 heteroatoms. The lowest BCUT2D eigenvalue weighted by Crippen LogP contribution is -2.33. The van der Waals surface area contributed by atoms with Crippen LogP contribution >= 0.6 is 0 Å². The highest BCUT2D eigenvalue weighted by Gasteiger charge is 2.29. The summed E-state index contributed by atoms with van der Waals surface area (Å²) in [7, 11) is 1.69. The summed E-state index contributed by atoms with van der Waals surface area (Å²) in [4.78, 5) is 11.1. The van der Waals surface area contributed by atoms with Crippen LogP contribution in [0.25, 0.3) is 11.4 Å². The van der Waals surface area contributed by atoms with Gasteiger partial charge in [-0.1, -0.05) is 23.7 Å². The predicted molar refractivity (Wildman–Crippen MR) is 97.5 cm³/mol. The summed E-state index contributed by atoms with van der Waals surface area (Å²) in [6.07, 6.45) is 6.88. The minimum Gasteiger partial charge on any atom is -0.497 e. The maximum atomic E-state index is 5.62. The van der Waals surface area contributed by atoms with E-state index in [0.29, 0.717) is 11.7 Å². The van der Waals surface area contributed by atoms with Crippen molar-refractivity contribution in [2.45, 2.75) is 31.8 Å². The van der Waals surface area contributed by atoms with Gasteiger partial charge in [0.1, 0.15) is 5.75 Å². The van der Waals surface area contributed by atoms with E-state index in [9.17, 15) is 0 Å². The predicted octanol–water partition coefficient (Wildman–Crippen LogP) is 3.87. The third kappa shape index (κ3) is 3.60. The number of likely N-dealkylation sites (tertiary alicyclic amines) is 1. The number of ether oxygens (including phenoxy) is 1. The second-order valence-electron chi connectivity index (χ2n) is 6.52. The molecule has 0 unspecified atom stereocenters. The van der Waals surface area contributed by atoms with Gasteiger partial charge in [-0.25, -0.2) is 0 Å². The number of benzene rings is 1. The third-order valence-corrected chi connectivity index (χ3v) is 4.82. The van der Waals surface area contributed by atoms with Crippen molar-refractivity contribution in [2.75, 3.05) is 13.7 Å². The number of aromatic nitrogens is 3. The van der Waals surface area contributed by atoms with Crippen molar-refractivity contribution in [3.05, 3.63) is 60.2 Å². The Kier molecular flexibility index (Phi) is 4.93. The molecule has 1 aliphatic heterocycles. The van der Waals surface area contributed by atoms with Crippen LogP contribution in [0, 0.1) is 0 Å². The fourth-order valence-corrected chi connectivity index (χ4v) is 3.41. The van der Waals surface area contributed by atoms with Crippen molar-refractivity contribution in [3.8, 4) is 17.1 Å². The molecule has 0 saturated carbocycles. The van der Waals surface area contributed by atoms with Crippen LogP contribution < -0.4 is 4.74 Å². The van der Waals surface area contributed by atoms with E-state index in [2.05, 4.69) is 32.2 Å². The Labute approximate surface area is 152 Å². The first kappa shape index (κ1) is 16.7. The minimum atomic E-state index is 0.161. The van der Waals surface area contributed by atoms with E-state index in [1.54, 1.807) is 19.5 Å². The molecule has 0 aliphatic carbocycles. The van der Waals surface area contributed by atoms with E-state index in [1.807, 2.05) is 24.3 Å². The van der Waals surface area contributed by atoms with Gasteiger partial charge in [-0.15, -0.1) is 0 Å². The molecule has 1 saturated heterocycles. The van der Waals surface area contributed by atoms with E-state index in [0.717, 1.165) is 30.8 Å². The zero-order valence-corrected chi connectivity index (χ0v) is 14.8. The Morgan fingerprint density at radius 2 is 1.92 bits per heavy atom. The van der Waals surface area contributed by atoms with Crippen LogP contribution in [0.3, 0.4) is 0 Å². The van der Waals surface area contributed by atoms with Gasteiger partial charge in [0.25, 0.3) is 0 Å². The lowest BCUT2D eigenvalue weighted by Gasteiger charge is -2.33. The van der Waals surface area contributed by atoms with E-state index < -0.39 is 0 Å². The molecule has 26 heavy (non-hydrogen) atoms.